The summed E-state index contributed by atoms with van der Waals surface area (Å²) < 4.78 is 32.9. The first-order valence-electron chi connectivity index (χ1n) is 10.5. The molecular formula is C23H26N2O5S. The van der Waals surface area contributed by atoms with Crippen molar-refractivity contribution >= 4 is 27.6 Å². The van der Waals surface area contributed by atoms with Crippen LogP contribution in [-0.2, 0) is 26.0 Å². The predicted octanol–water partition coefficient (Wildman–Crippen LogP) is 2.85. The molecule has 0 aromatic heterocycles. The van der Waals surface area contributed by atoms with Crippen LogP contribution in [0.4, 0.5) is 5.69 Å². The highest BCUT2D eigenvalue weighted by Crippen LogP contribution is 2.32. The van der Waals surface area contributed by atoms with Gasteiger partial charge in [-0.3, -0.25) is 9.10 Å². The van der Waals surface area contributed by atoms with Crippen LogP contribution in [0, 0.1) is 5.92 Å². The second kappa shape index (κ2) is 8.70. The molecule has 0 bridgehead atoms. The third kappa shape index (κ3) is 4.44. The first kappa shape index (κ1) is 21.4. The van der Waals surface area contributed by atoms with E-state index in [9.17, 15) is 18.0 Å². The fourth-order valence-corrected chi connectivity index (χ4v) is 5.74. The molecule has 0 aliphatic carbocycles. The number of esters is 1. The van der Waals surface area contributed by atoms with Crippen LogP contribution in [-0.4, -0.2) is 51.4 Å². The first-order chi connectivity index (χ1) is 14.9. The molecule has 0 spiro atoms. The summed E-state index contributed by atoms with van der Waals surface area (Å²) in [6.07, 6.45) is 2.68. The van der Waals surface area contributed by atoms with Gasteiger partial charge in [0, 0.05) is 19.6 Å². The third-order valence-electron chi connectivity index (χ3n) is 5.84. The summed E-state index contributed by atoms with van der Waals surface area (Å²) in [6.45, 7) is 3.45. The fraction of sp³-hybridized carbons (Fsp3) is 0.391. The van der Waals surface area contributed by atoms with Crippen LogP contribution < -0.4 is 4.31 Å². The lowest BCUT2D eigenvalue weighted by Gasteiger charge is -2.30. The first-order valence-corrected chi connectivity index (χ1v) is 12.0. The zero-order chi connectivity index (χ0) is 22.0. The maximum absolute atomic E-state index is 13.2. The van der Waals surface area contributed by atoms with Gasteiger partial charge in [0.25, 0.3) is 15.9 Å². The topological polar surface area (TPSA) is 84.0 Å². The smallest absolute Gasteiger partial charge is 0.338 e. The summed E-state index contributed by atoms with van der Waals surface area (Å²) in [5, 5.41) is 0. The van der Waals surface area contributed by atoms with Gasteiger partial charge in [-0.25, -0.2) is 13.2 Å². The Morgan fingerprint density at radius 1 is 1.10 bits per heavy atom. The van der Waals surface area contributed by atoms with Gasteiger partial charge in [0.05, 0.1) is 16.1 Å². The van der Waals surface area contributed by atoms with E-state index >= 15 is 0 Å². The highest BCUT2D eigenvalue weighted by molar-refractivity contribution is 7.92. The minimum Gasteiger partial charge on any atom is -0.452 e. The van der Waals surface area contributed by atoms with Gasteiger partial charge in [-0.15, -0.1) is 0 Å². The monoisotopic (exact) mass is 442 g/mol. The molecule has 0 radical (unpaired) electrons. The predicted molar refractivity (Wildman–Crippen MR) is 116 cm³/mol. The molecule has 4 rings (SSSR count). The Kier molecular flexibility index (Phi) is 6.00. The molecule has 2 heterocycles. The highest BCUT2D eigenvalue weighted by atomic mass is 32.2. The van der Waals surface area contributed by atoms with Crippen LogP contribution in [0.25, 0.3) is 0 Å². The lowest BCUT2D eigenvalue weighted by molar-refractivity contribution is -0.136. The number of para-hydroxylation sites is 1. The van der Waals surface area contributed by atoms with Crippen LogP contribution in [0.2, 0.25) is 0 Å². The van der Waals surface area contributed by atoms with Gasteiger partial charge in [0.2, 0.25) is 0 Å². The molecule has 164 valence electrons. The van der Waals surface area contributed by atoms with Crippen molar-refractivity contribution in [2.24, 2.45) is 5.92 Å². The molecule has 1 saturated heterocycles. The summed E-state index contributed by atoms with van der Waals surface area (Å²) in [7, 11) is -3.81. The van der Waals surface area contributed by atoms with Crippen LogP contribution in [0.15, 0.2) is 53.4 Å². The van der Waals surface area contributed by atoms with Gasteiger partial charge in [0.15, 0.2) is 6.61 Å². The van der Waals surface area contributed by atoms with Crippen LogP contribution in [0.5, 0.6) is 0 Å². The Hall–Kier alpha value is -2.87. The van der Waals surface area contributed by atoms with Gasteiger partial charge in [-0.2, -0.15) is 0 Å². The second-order valence-corrected chi connectivity index (χ2v) is 10.0. The summed E-state index contributed by atoms with van der Waals surface area (Å²) >= 11 is 0. The molecule has 8 heteroatoms. The number of sulfonamides is 1. The van der Waals surface area contributed by atoms with Crippen molar-refractivity contribution in [2.45, 2.75) is 31.1 Å². The van der Waals surface area contributed by atoms with Gasteiger partial charge in [-0.1, -0.05) is 31.2 Å². The number of carbonyl (C=O) groups is 2. The number of rotatable bonds is 5. The maximum Gasteiger partial charge on any atom is 0.338 e. The lowest BCUT2D eigenvalue weighted by Crippen LogP contribution is -2.41. The quantitative estimate of drug-likeness (QED) is 0.665. The van der Waals surface area contributed by atoms with Gasteiger partial charge >= 0.3 is 5.97 Å². The highest BCUT2D eigenvalue weighted by Gasteiger charge is 2.31. The van der Waals surface area contributed by atoms with Gasteiger partial charge in [-0.05, 0) is 55.0 Å². The number of piperidine rings is 1. The minimum atomic E-state index is -3.81. The molecule has 2 aromatic rings. The summed E-state index contributed by atoms with van der Waals surface area (Å²) in [5.74, 6) is -0.499. The number of hydrogen-bond acceptors (Lipinski definition) is 5. The molecule has 7 nitrogen and oxygen atoms in total. The van der Waals surface area contributed by atoms with Crippen molar-refractivity contribution in [2.75, 3.05) is 30.5 Å². The molecule has 2 aliphatic heterocycles. The van der Waals surface area contributed by atoms with Crippen molar-refractivity contribution in [3.63, 3.8) is 0 Å². The molecule has 2 aromatic carbocycles. The fourth-order valence-electron chi connectivity index (χ4n) is 4.19. The van der Waals surface area contributed by atoms with Gasteiger partial charge in [0.1, 0.15) is 0 Å². The normalized spacial score (nSPS) is 18.5. The Morgan fingerprint density at radius 2 is 1.90 bits per heavy atom. The minimum absolute atomic E-state index is 0.0230. The molecular weight excluding hydrogens is 416 g/mol. The molecule has 31 heavy (non-hydrogen) atoms. The standard InChI is InChI=1S/C23H26N2O5S/c1-17-6-5-12-24(15-17)22(26)16-30-23(27)19-8-4-9-20(14-19)31(28,29)25-13-11-18-7-2-3-10-21(18)25/h2-4,7-10,14,17H,5-6,11-13,15-16H2,1H3/t17-/m0/s1. The van der Waals surface area contributed by atoms with Crippen LogP contribution >= 0.6 is 0 Å². The summed E-state index contributed by atoms with van der Waals surface area (Å²) in [4.78, 5) is 26.6. The average molecular weight is 443 g/mol. The van der Waals surface area contributed by atoms with E-state index in [1.807, 2.05) is 12.1 Å². The molecule has 0 unspecified atom stereocenters. The Morgan fingerprint density at radius 3 is 2.71 bits per heavy atom. The number of anilines is 1. The van der Waals surface area contributed by atoms with Crippen molar-refractivity contribution < 1.29 is 22.7 Å². The van der Waals surface area contributed by atoms with Gasteiger partial charge < -0.3 is 9.64 Å². The number of amides is 1. The maximum atomic E-state index is 13.2. The largest absolute Gasteiger partial charge is 0.452 e. The Bertz CT molecular complexity index is 1100. The zero-order valence-electron chi connectivity index (χ0n) is 17.5. The van der Waals surface area contributed by atoms with E-state index in [1.165, 1.54) is 28.6 Å². The molecule has 0 N–H and O–H groups in total. The van der Waals surface area contributed by atoms with E-state index in [2.05, 4.69) is 6.92 Å². The van der Waals surface area contributed by atoms with E-state index < -0.39 is 16.0 Å². The number of likely N-dealkylation sites (tertiary alicyclic amines) is 1. The Balaban J connectivity index is 1.45. The van der Waals surface area contributed by atoms with E-state index in [4.69, 9.17) is 4.74 Å². The van der Waals surface area contributed by atoms with E-state index in [1.54, 1.807) is 17.0 Å². The number of nitrogens with zero attached hydrogens (tertiary/aromatic N) is 2. The van der Waals surface area contributed by atoms with Crippen molar-refractivity contribution in [3.8, 4) is 0 Å². The zero-order valence-corrected chi connectivity index (χ0v) is 18.3. The van der Waals surface area contributed by atoms with Crippen LogP contribution in [0.1, 0.15) is 35.7 Å². The van der Waals surface area contributed by atoms with Crippen molar-refractivity contribution in [1.82, 2.24) is 4.90 Å². The van der Waals surface area contributed by atoms with E-state index in [0.29, 0.717) is 37.7 Å². The summed E-state index contributed by atoms with van der Waals surface area (Å²) in [5.41, 5.74) is 1.75. The number of benzene rings is 2. The SMILES string of the molecule is C[C@H]1CCCN(C(=O)COC(=O)c2cccc(S(=O)(=O)N3CCc4ccccc43)c2)C1. The number of hydrogen-bond donors (Lipinski definition) is 0. The van der Waals surface area contributed by atoms with E-state index in [0.717, 1.165) is 18.4 Å². The average Bonchev–Trinajstić information content (AvgIpc) is 3.22. The number of carbonyl (C=O) groups excluding carboxylic acids is 2. The lowest BCUT2D eigenvalue weighted by atomic mass is 10.0. The molecule has 1 atom stereocenters. The van der Waals surface area contributed by atoms with Crippen LogP contribution in [0.3, 0.4) is 0 Å². The molecule has 1 fully saturated rings. The number of fused-ring (bicyclic) bond motifs is 1. The third-order valence-corrected chi connectivity index (χ3v) is 7.65. The van der Waals surface area contributed by atoms with Crippen molar-refractivity contribution in [1.29, 1.82) is 0 Å². The second-order valence-electron chi connectivity index (χ2n) is 8.15. The molecule has 0 saturated carbocycles. The molecule has 1 amide bonds. The Labute approximate surface area is 182 Å². The summed E-state index contributed by atoms with van der Waals surface area (Å²) in [6, 6.07) is 13.2. The van der Waals surface area contributed by atoms with E-state index in [-0.39, 0.29) is 23.0 Å². The molecule has 2 aliphatic rings. The van der Waals surface area contributed by atoms with Crippen molar-refractivity contribution in [3.05, 3.63) is 59.7 Å². The number of ether oxygens (including phenoxy) is 1.